The smallest absolute Gasteiger partial charge is 0.232 e. The van der Waals surface area contributed by atoms with E-state index in [1.54, 1.807) is 31.3 Å². The third-order valence-electron chi connectivity index (χ3n) is 2.09. The minimum Gasteiger partial charge on any atom is -0.382 e. The molecular weight excluding hydrogens is 236 g/mol. The first kappa shape index (κ1) is 13.5. The van der Waals surface area contributed by atoms with Crippen molar-refractivity contribution in [2.45, 2.75) is 5.75 Å². The van der Waals surface area contributed by atoms with E-state index in [9.17, 15) is 4.79 Å². The standard InChI is InChI=1S/C11H16N4OS/c1-15(2)10(16)7-17-6-8-3-4-14-9(5-8)11(12)13/h3-5H,6-7H2,1-2H3,(H3,12,13). The van der Waals surface area contributed by atoms with Gasteiger partial charge in [-0.3, -0.25) is 15.2 Å². The molecule has 0 aliphatic heterocycles. The Bertz CT molecular complexity index is 420. The van der Waals surface area contributed by atoms with E-state index in [1.165, 1.54) is 11.8 Å². The number of carbonyl (C=O) groups excluding carboxylic acids is 1. The van der Waals surface area contributed by atoms with Gasteiger partial charge >= 0.3 is 0 Å². The lowest BCUT2D eigenvalue weighted by Gasteiger charge is -2.09. The van der Waals surface area contributed by atoms with Crippen molar-refractivity contribution in [3.63, 3.8) is 0 Å². The summed E-state index contributed by atoms with van der Waals surface area (Å²) in [5, 5.41) is 7.28. The molecule has 1 rings (SSSR count). The molecule has 0 fully saturated rings. The fourth-order valence-electron chi connectivity index (χ4n) is 1.10. The SMILES string of the molecule is CN(C)C(=O)CSCc1ccnc(C(=N)N)c1. The van der Waals surface area contributed by atoms with Gasteiger partial charge in [-0.25, -0.2) is 0 Å². The lowest BCUT2D eigenvalue weighted by molar-refractivity contribution is -0.125. The predicted molar refractivity (Wildman–Crippen MR) is 70.1 cm³/mol. The van der Waals surface area contributed by atoms with Crippen LogP contribution < -0.4 is 5.73 Å². The Kier molecular flexibility index (Phi) is 4.96. The molecule has 0 unspecified atom stereocenters. The minimum absolute atomic E-state index is 0.0405. The summed E-state index contributed by atoms with van der Waals surface area (Å²) in [6.07, 6.45) is 1.63. The molecule has 0 saturated carbocycles. The van der Waals surface area contributed by atoms with Crippen molar-refractivity contribution in [1.29, 1.82) is 5.41 Å². The van der Waals surface area contributed by atoms with Crippen LogP contribution >= 0.6 is 11.8 Å². The zero-order valence-corrected chi connectivity index (χ0v) is 10.8. The molecule has 0 aliphatic rings. The van der Waals surface area contributed by atoms with Crippen LogP contribution in [-0.4, -0.2) is 41.5 Å². The quantitative estimate of drug-likeness (QED) is 0.596. The van der Waals surface area contributed by atoms with Crippen LogP contribution in [0.4, 0.5) is 0 Å². The molecule has 1 aromatic heterocycles. The van der Waals surface area contributed by atoms with E-state index in [0.29, 0.717) is 17.2 Å². The first-order valence-electron chi connectivity index (χ1n) is 5.08. The van der Waals surface area contributed by atoms with Gasteiger partial charge in [-0.1, -0.05) is 0 Å². The van der Waals surface area contributed by atoms with Crippen molar-refractivity contribution in [3.8, 4) is 0 Å². The van der Waals surface area contributed by atoms with E-state index in [2.05, 4.69) is 4.98 Å². The van der Waals surface area contributed by atoms with Crippen LogP contribution in [0.2, 0.25) is 0 Å². The van der Waals surface area contributed by atoms with Crippen LogP contribution in [0.5, 0.6) is 0 Å². The number of amidine groups is 1. The van der Waals surface area contributed by atoms with Gasteiger partial charge in [0.1, 0.15) is 11.5 Å². The van der Waals surface area contributed by atoms with Gasteiger partial charge in [0.25, 0.3) is 0 Å². The van der Waals surface area contributed by atoms with Crippen LogP contribution in [0.1, 0.15) is 11.3 Å². The van der Waals surface area contributed by atoms with Gasteiger partial charge in [-0.2, -0.15) is 0 Å². The molecule has 5 nitrogen and oxygen atoms in total. The molecule has 92 valence electrons. The second-order valence-electron chi connectivity index (χ2n) is 3.74. The first-order valence-corrected chi connectivity index (χ1v) is 6.23. The molecular formula is C11H16N4OS. The van der Waals surface area contributed by atoms with Crippen LogP contribution in [-0.2, 0) is 10.5 Å². The molecule has 1 amide bonds. The number of hydrogen-bond donors (Lipinski definition) is 2. The molecule has 0 radical (unpaired) electrons. The number of nitrogen functional groups attached to an aromatic ring is 1. The molecule has 3 N–H and O–H groups in total. The van der Waals surface area contributed by atoms with Crippen LogP contribution in [0.15, 0.2) is 18.3 Å². The van der Waals surface area contributed by atoms with Gasteiger partial charge in [0.15, 0.2) is 0 Å². The highest BCUT2D eigenvalue weighted by Gasteiger charge is 2.05. The third kappa shape index (κ3) is 4.44. The Labute approximate surface area is 105 Å². The zero-order valence-electron chi connectivity index (χ0n) is 9.93. The normalized spacial score (nSPS) is 10.0. The van der Waals surface area contributed by atoms with E-state index in [4.69, 9.17) is 11.1 Å². The first-order chi connectivity index (χ1) is 8.00. The van der Waals surface area contributed by atoms with Crippen LogP contribution in [0, 0.1) is 5.41 Å². The molecule has 1 aromatic rings. The average Bonchev–Trinajstić information content (AvgIpc) is 2.29. The van der Waals surface area contributed by atoms with Gasteiger partial charge in [0.2, 0.25) is 5.91 Å². The summed E-state index contributed by atoms with van der Waals surface area (Å²) >= 11 is 1.53. The summed E-state index contributed by atoms with van der Waals surface area (Å²) in [6, 6.07) is 3.63. The molecule has 0 saturated heterocycles. The molecule has 0 aliphatic carbocycles. The van der Waals surface area contributed by atoms with E-state index < -0.39 is 0 Å². The number of carbonyl (C=O) groups is 1. The molecule has 6 heteroatoms. The summed E-state index contributed by atoms with van der Waals surface area (Å²) in [7, 11) is 3.48. The van der Waals surface area contributed by atoms with Crippen LogP contribution in [0.25, 0.3) is 0 Å². The maximum atomic E-state index is 11.3. The van der Waals surface area contributed by atoms with Gasteiger partial charge in [0, 0.05) is 26.0 Å². The third-order valence-corrected chi connectivity index (χ3v) is 3.08. The molecule has 0 atom stereocenters. The summed E-state index contributed by atoms with van der Waals surface area (Å²) in [6.45, 7) is 0. The highest BCUT2D eigenvalue weighted by molar-refractivity contribution is 7.99. The second kappa shape index (κ2) is 6.24. The van der Waals surface area contributed by atoms with Crippen molar-refractivity contribution in [2.75, 3.05) is 19.8 Å². The van der Waals surface area contributed by atoms with E-state index in [0.717, 1.165) is 5.56 Å². The number of pyridine rings is 1. The highest BCUT2D eigenvalue weighted by Crippen LogP contribution is 2.12. The van der Waals surface area contributed by atoms with E-state index >= 15 is 0 Å². The molecule has 0 aromatic carbocycles. The lowest BCUT2D eigenvalue weighted by Crippen LogP contribution is -2.23. The van der Waals surface area contributed by atoms with Crippen molar-refractivity contribution < 1.29 is 4.79 Å². The van der Waals surface area contributed by atoms with Gasteiger partial charge in [0.05, 0.1) is 5.75 Å². The summed E-state index contributed by atoms with van der Waals surface area (Å²) in [5.41, 5.74) is 6.84. The van der Waals surface area contributed by atoms with Gasteiger partial charge in [-0.15, -0.1) is 11.8 Å². The van der Waals surface area contributed by atoms with Crippen molar-refractivity contribution in [1.82, 2.24) is 9.88 Å². The monoisotopic (exact) mass is 252 g/mol. The number of amides is 1. The Hall–Kier alpha value is -1.56. The number of aromatic nitrogens is 1. The largest absolute Gasteiger partial charge is 0.382 e. The average molecular weight is 252 g/mol. The summed E-state index contributed by atoms with van der Waals surface area (Å²) < 4.78 is 0. The summed E-state index contributed by atoms with van der Waals surface area (Å²) in [5.74, 6) is 1.21. The molecule has 1 heterocycles. The number of nitrogens with zero attached hydrogens (tertiary/aromatic N) is 2. The Morgan fingerprint density at radius 1 is 1.59 bits per heavy atom. The molecule has 0 spiro atoms. The maximum Gasteiger partial charge on any atom is 0.232 e. The lowest BCUT2D eigenvalue weighted by atomic mass is 10.2. The molecule has 17 heavy (non-hydrogen) atoms. The topological polar surface area (TPSA) is 83.1 Å². The minimum atomic E-state index is -0.0405. The highest BCUT2D eigenvalue weighted by atomic mass is 32.2. The Morgan fingerprint density at radius 3 is 2.88 bits per heavy atom. The molecule has 0 bridgehead atoms. The predicted octanol–water partition coefficient (Wildman–Crippen LogP) is 0.687. The van der Waals surface area contributed by atoms with Gasteiger partial charge < -0.3 is 10.6 Å². The van der Waals surface area contributed by atoms with E-state index in [1.807, 2.05) is 6.07 Å². The van der Waals surface area contributed by atoms with Crippen LogP contribution in [0.3, 0.4) is 0 Å². The number of nitrogens with two attached hydrogens (primary N) is 1. The number of nitrogens with one attached hydrogen (secondary N) is 1. The fraction of sp³-hybridized carbons (Fsp3) is 0.364. The van der Waals surface area contributed by atoms with Crippen molar-refractivity contribution in [3.05, 3.63) is 29.6 Å². The Balaban J connectivity index is 2.50. The second-order valence-corrected chi connectivity index (χ2v) is 4.73. The van der Waals surface area contributed by atoms with E-state index in [-0.39, 0.29) is 11.7 Å². The number of thioether (sulfide) groups is 1. The number of rotatable bonds is 5. The van der Waals surface area contributed by atoms with Gasteiger partial charge in [-0.05, 0) is 17.7 Å². The Morgan fingerprint density at radius 2 is 2.29 bits per heavy atom. The van der Waals surface area contributed by atoms with Crippen molar-refractivity contribution >= 4 is 23.5 Å². The summed E-state index contributed by atoms with van der Waals surface area (Å²) in [4.78, 5) is 16.9. The number of hydrogen-bond acceptors (Lipinski definition) is 4. The van der Waals surface area contributed by atoms with Crippen molar-refractivity contribution in [2.24, 2.45) is 5.73 Å². The maximum absolute atomic E-state index is 11.3. The zero-order chi connectivity index (χ0) is 12.8. The fourth-order valence-corrected chi connectivity index (χ4v) is 2.05.